The zero-order valence-electron chi connectivity index (χ0n) is 12.6. The van der Waals surface area contributed by atoms with Crippen LogP contribution < -0.4 is 4.74 Å². The largest absolute Gasteiger partial charge is 0.493 e. The first-order valence-electron chi connectivity index (χ1n) is 7.30. The number of hydrogen-bond donors (Lipinski definition) is 1. The van der Waals surface area contributed by atoms with Gasteiger partial charge in [-0.2, -0.15) is 0 Å². The van der Waals surface area contributed by atoms with Crippen molar-refractivity contribution in [1.82, 2.24) is 0 Å². The molecule has 2 aromatic rings. The van der Waals surface area contributed by atoms with Crippen LogP contribution in [0.4, 0.5) is 0 Å². The molecule has 0 aliphatic heterocycles. The predicted octanol–water partition coefficient (Wildman–Crippen LogP) is 4.61. The zero-order valence-corrected chi connectivity index (χ0v) is 13.4. The van der Waals surface area contributed by atoms with E-state index in [1.807, 2.05) is 36.4 Å². The molecule has 1 atom stereocenters. The Morgan fingerprint density at radius 1 is 1.10 bits per heavy atom. The molecule has 0 spiro atoms. The molecule has 2 aromatic carbocycles. The summed E-state index contributed by atoms with van der Waals surface area (Å²) >= 11 is 1.68. The topological polar surface area (TPSA) is 29.5 Å². The third-order valence-electron chi connectivity index (χ3n) is 3.23. The molecule has 0 saturated carbocycles. The van der Waals surface area contributed by atoms with Crippen LogP contribution in [-0.2, 0) is 0 Å². The Kier molecular flexibility index (Phi) is 6.15. The smallest absolute Gasteiger partial charge is 0.125 e. The number of aliphatic hydroxyl groups excluding tert-OH is 1. The fraction of sp³-hybridized carbons (Fsp3) is 0.333. The summed E-state index contributed by atoms with van der Waals surface area (Å²) in [6.45, 7) is 4.84. The monoisotopic (exact) mass is 302 g/mol. The van der Waals surface area contributed by atoms with E-state index in [9.17, 15) is 5.11 Å². The fourth-order valence-electron chi connectivity index (χ4n) is 2.08. The van der Waals surface area contributed by atoms with E-state index >= 15 is 0 Å². The second-order valence-corrected chi connectivity index (χ2v) is 6.04. The first kappa shape index (κ1) is 15.9. The van der Waals surface area contributed by atoms with E-state index in [0.717, 1.165) is 17.7 Å². The summed E-state index contributed by atoms with van der Waals surface area (Å²) in [6.07, 6.45) is 0.435. The highest BCUT2D eigenvalue weighted by atomic mass is 32.2. The van der Waals surface area contributed by atoms with Crippen LogP contribution in [0.15, 0.2) is 53.4 Å². The third-order valence-corrected chi connectivity index (χ3v) is 4.48. The van der Waals surface area contributed by atoms with Crippen molar-refractivity contribution < 1.29 is 9.84 Å². The average Bonchev–Trinajstić information content (AvgIpc) is 2.52. The molecule has 112 valence electrons. The molecule has 0 aliphatic carbocycles. The molecule has 2 rings (SSSR count). The van der Waals surface area contributed by atoms with E-state index in [4.69, 9.17) is 4.74 Å². The number of thioether (sulfide) groups is 1. The van der Waals surface area contributed by atoms with Crippen molar-refractivity contribution in [2.45, 2.75) is 31.3 Å². The Labute approximate surface area is 131 Å². The van der Waals surface area contributed by atoms with Gasteiger partial charge in [0.15, 0.2) is 0 Å². The van der Waals surface area contributed by atoms with Gasteiger partial charge < -0.3 is 9.84 Å². The quantitative estimate of drug-likeness (QED) is 0.757. The summed E-state index contributed by atoms with van der Waals surface area (Å²) in [6, 6.07) is 16.0. The van der Waals surface area contributed by atoms with Gasteiger partial charge in [-0.25, -0.2) is 0 Å². The molecule has 0 amide bonds. The summed E-state index contributed by atoms with van der Waals surface area (Å²) in [5.41, 5.74) is 2.11. The van der Waals surface area contributed by atoms with Gasteiger partial charge in [0.1, 0.15) is 5.75 Å². The van der Waals surface area contributed by atoms with Crippen LogP contribution in [0.2, 0.25) is 0 Å². The van der Waals surface area contributed by atoms with Gasteiger partial charge in [-0.1, -0.05) is 43.3 Å². The summed E-state index contributed by atoms with van der Waals surface area (Å²) in [7, 11) is 0. The Hall–Kier alpha value is -1.45. The van der Waals surface area contributed by atoms with Crippen LogP contribution in [0.5, 0.6) is 5.75 Å². The van der Waals surface area contributed by atoms with Crippen molar-refractivity contribution in [1.29, 1.82) is 0 Å². The summed E-state index contributed by atoms with van der Waals surface area (Å²) in [4.78, 5) is 1.21. The van der Waals surface area contributed by atoms with Gasteiger partial charge in [-0.3, -0.25) is 0 Å². The number of rotatable bonds is 7. The molecular formula is C18H22O2S. The van der Waals surface area contributed by atoms with Crippen LogP contribution in [0.25, 0.3) is 0 Å². The Morgan fingerprint density at radius 3 is 2.57 bits per heavy atom. The SMILES string of the molecule is CCCOc1ccccc1C(O)CSc1ccccc1C. The number of para-hydroxylation sites is 1. The minimum absolute atomic E-state index is 0.525. The summed E-state index contributed by atoms with van der Waals surface area (Å²) in [5, 5.41) is 10.5. The van der Waals surface area contributed by atoms with Crippen LogP contribution in [0, 0.1) is 6.92 Å². The van der Waals surface area contributed by atoms with E-state index in [1.165, 1.54) is 10.5 Å². The Morgan fingerprint density at radius 2 is 1.81 bits per heavy atom. The van der Waals surface area contributed by atoms with Crippen molar-refractivity contribution in [3.63, 3.8) is 0 Å². The zero-order chi connectivity index (χ0) is 15.1. The van der Waals surface area contributed by atoms with Crippen LogP contribution >= 0.6 is 11.8 Å². The summed E-state index contributed by atoms with van der Waals surface area (Å²) in [5.74, 6) is 1.41. The standard InChI is InChI=1S/C18H22O2S/c1-3-12-20-17-10-6-5-9-15(17)16(19)13-21-18-11-7-4-8-14(18)2/h4-11,16,19H,3,12-13H2,1-2H3. The third kappa shape index (κ3) is 4.51. The van der Waals surface area contributed by atoms with Gasteiger partial charge in [0.2, 0.25) is 0 Å². The van der Waals surface area contributed by atoms with E-state index in [-0.39, 0.29) is 0 Å². The minimum Gasteiger partial charge on any atom is -0.493 e. The molecule has 0 fully saturated rings. The van der Waals surface area contributed by atoms with Crippen molar-refractivity contribution in [2.75, 3.05) is 12.4 Å². The average molecular weight is 302 g/mol. The van der Waals surface area contributed by atoms with E-state index in [0.29, 0.717) is 12.4 Å². The Bertz CT molecular complexity index is 569. The lowest BCUT2D eigenvalue weighted by atomic mass is 10.1. The van der Waals surface area contributed by atoms with Crippen LogP contribution in [-0.4, -0.2) is 17.5 Å². The number of benzene rings is 2. The van der Waals surface area contributed by atoms with Gasteiger partial charge in [-0.15, -0.1) is 11.8 Å². The lowest BCUT2D eigenvalue weighted by Crippen LogP contribution is -2.05. The van der Waals surface area contributed by atoms with Gasteiger partial charge in [0.25, 0.3) is 0 Å². The lowest BCUT2D eigenvalue weighted by Gasteiger charge is -2.16. The molecule has 0 saturated heterocycles. The number of aryl methyl sites for hydroxylation is 1. The first-order chi connectivity index (χ1) is 10.2. The molecule has 0 bridgehead atoms. The highest BCUT2D eigenvalue weighted by Gasteiger charge is 2.14. The molecule has 0 heterocycles. The predicted molar refractivity (Wildman–Crippen MR) is 89.1 cm³/mol. The van der Waals surface area contributed by atoms with Gasteiger partial charge >= 0.3 is 0 Å². The van der Waals surface area contributed by atoms with Crippen LogP contribution in [0.3, 0.4) is 0 Å². The fourth-order valence-corrected chi connectivity index (χ4v) is 3.06. The molecule has 2 nitrogen and oxygen atoms in total. The summed E-state index contributed by atoms with van der Waals surface area (Å²) < 4.78 is 5.71. The molecule has 0 aliphatic rings. The maximum absolute atomic E-state index is 10.5. The van der Waals surface area contributed by atoms with Gasteiger partial charge in [0, 0.05) is 16.2 Å². The van der Waals surface area contributed by atoms with Gasteiger partial charge in [-0.05, 0) is 31.0 Å². The lowest BCUT2D eigenvalue weighted by molar-refractivity contribution is 0.195. The van der Waals surface area contributed by atoms with Crippen molar-refractivity contribution >= 4 is 11.8 Å². The van der Waals surface area contributed by atoms with Crippen molar-refractivity contribution in [3.05, 3.63) is 59.7 Å². The van der Waals surface area contributed by atoms with Crippen LogP contribution in [0.1, 0.15) is 30.6 Å². The highest BCUT2D eigenvalue weighted by molar-refractivity contribution is 7.99. The minimum atomic E-state index is -0.525. The van der Waals surface area contributed by atoms with Gasteiger partial charge in [0.05, 0.1) is 12.7 Å². The van der Waals surface area contributed by atoms with E-state index < -0.39 is 6.10 Å². The maximum atomic E-state index is 10.5. The van der Waals surface area contributed by atoms with E-state index in [2.05, 4.69) is 26.0 Å². The Balaban J connectivity index is 2.03. The molecule has 1 N–H and O–H groups in total. The first-order valence-corrected chi connectivity index (χ1v) is 8.29. The van der Waals surface area contributed by atoms with E-state index in [1.54, 1.807) is 11.8 Å². The highest BCUT2D eigenvalue weighted by Crippen LogP contribution is 2.31. The molecule has 21 heavy (non-hydrogen) atoms. The number of aliphatic hydroxyl groups is 1. The number of hydrogen-bond acceptors (Lipinski definition) is 3. The second kappa shape index (κ2) is 8.11. The molecule has 0 radical (unpaired) electrons. The molecular weight excluding hydrogens is 280 g/mol. The molecule has 0 aromatic heterocycles. The van der Waals surface area contributed by atoms with Crippen molar-refractivity contribution in [3.8, 4) is 5.75 Å². The normalized spacial score (nSPS) is 12.1. The second-order valence-electron chi connectivity index (χ2n) is 4.98. The maximum Gasteiger partial charge on any atom is 0.125 e. The molecule has 3 heteroatoms. The van der Waals surface area contributed by atoms with Crippen molar-refractivity contribution in [2.24, 2.45) is 0 Å². The number of ether oxygens (including phenoxy) is 1. The molecule has 1 unspecified atom stereocenters.